The van der Waals surface area contributed by atoms with Crippen LogP contribution in [0.25, 0.3) is 0 Å². The van der Waals surface area contributed by atoms with E-state index in [0.717, 1.165) is 74.3 Å². The minimum atomic E-state index is 0.776. The quantitative estimate of drug-likeness (QED) is 0.197. The number of hydrogen-bond acceptors (Lipinski definition) is 8. The van der Waals surface area contributed by atoms with Gasteiger partial charge in [-0.25, -0.2) is 0 Å². The summed E-state index contributed by atoms with van der Waals surface area (Å²) in [5, 5.41) is 0. The Balaban J connectivity index is 0.000000343. The average molecular weight is 561 g/mol. The van der Waals surface area contributed by atoms with Gasteiger partial charge in [0, 0.05) is 76.8 Å². The summed E-state index contributed by atoms with van der Waals surface area (Å²) in [5.74, 6) is 0. The van der Waals surface area contributed by atoms with Crippen LogP contribution in [0.3, 0.4) is 0 Å². The lowest BCUT2D eigenvalue weighted by atomic mass is 10.2. The van der Waals surface area contributed by atoms with Crippen molar-refractivity contribution in [3.8, 4) is 0 Å². The van der Waals surface area contributed by atoms with Gasteiger partial charge in [0.2, 0.25) is 0 Å². The highest BCUT2D eigenvalue weighted by Crippen LogP contribution is 2.11. The smallest absolute Gasteiger partial charge is 0.0544 e. The maximum Gasteiger partial charge on any atom is 0.0544 e. The summed E-state index contributed by atoms with van der Waals surface area (Å²) < 4.78 is 0. The fourth-order valence-electron chi connectivity index (χ4n) is 4.41. The van der Waals surface area contributed by atoms with Crippen molar-refractivity contribution in [2.24, 2.45) is 0 Å². The molecule has 5 heterocycles. The summed E-state index contributed by atoms with van der Waals surface area (Å²) >= 11 is 0. The third-order valence-electron chi connectivity index (χ3n) is 6.38. The van der Waals surface area contributed by atoms with Gasteiger partial charge in [0.05, 0.1) is 28.5 Å². The van der Waals surface area contributed by atoms with E-state index in [0.29, 0.717) is 0 Å². The summed E-state index contributed by atoms with van der Waals surface area (Å²) in [5.41, 5.74) is 5.36. The molecule has 0 aliphatic carbocycles. The zero-order valence-electron chi connectivity index (χ0n) is 24.6. The second-order valence-electron chi connectivity index (χ2n) is 10.3. The maximum absolute atomic E-state index is 4.53. The summed E-state index contributed by atoms with van der Waals surface area (Å²) in [4.78, 5) is 29.2. The van der Waals surface area contributed by atoms with Crippen molar-refractivity contribution >= 4 is 0 Å². The Hall–Kier alpha value is -4.37. The maximum atomic E-state index is 4.53. The van der Waals surface area contributed by atoms with Gasteiger partial charge in [-0.1, -0.05) is 30.3 Å². The molecular formula is C34H40N8. The molecule has 0 fully saturated rings. The molecule has 5 aromatic heterocycles. The molecule has 0 unspecified atom stereocenters. The van der Waals surface area contributed by atoms with Crippen LogP contribution in [0.4, 0.5) is 0 Å². The normalized spacial score (nSPS) is 11.0. The summed E-state index contributed by atoms with van der Waals surface area (Å²) in [6, 6.07) is 30.2. The number of rotatable bonds is 13. The molecule has 0 N–H and O–H groups in total. The second-order valence-corrected chi connectivity index (χ2v) is 10.3. The molecular weight excluding hydrogens is 520 g/mol. The van der Waals surface area contributed by atoms with Crippen LogP contribution in [0.15, 0.2) is 122 Å². The Labute approximate surface area is 249 Å². The van der Waals surface area contributed by atoms with Crippen molar-refractivity contribution in [1.29, 1.82) is 0 Å². The Morgan fingerprint density at radius 3 is 0.857 bits per heavy atom. The van der Waals surface area contributed by atoms with Gasteiger partial charge >= 0.3 is 0 Å². The lowest BCUT2D eigenvalue weighted by Gasteiger charge is -2.27. The van der Waals surface area contributed by atoms with Crippen molar-refractivity contribution in [3.05, 3.63) is 150 Å². The predicted octanol–water partition coefficient (Wildman–Crippen LogP) is 5.11. The number of pyridine rings is 5. The Morgan fingerprint density at radius 2 is 0.643 bits per heavy atom. The van der Waals surface area contributed by atoms with Crippen molar-refractivity contribution in [2.45, 2.75) is 32.7 Å². The van der Waals surface area contributed by atoms with Gasteiger partial charge in [0.25, 0.3) is 0 Å². The predicted molar refractivity (Wildman–Crippen MR) is 167 cm³/mol. The van der Waals surface area contributed by atoms with Crippen molar-refractivity contribution in [1.82, 2.24) is 39.6 Å². The van der Waals surface area contributed by atoms with Gasteiger partial charge in [0.15, 0.2) is 0 Å². The minimum absolute atomic E-state index is 0.776. The summed E-state index contributed by atoms with van der Waals surface area (Å²) in [6.07, 6.45) is 9.22. The topological polar surface area (TPSA) is 74.2 Å². The van der Waals surface area contributed by atoms with E-state index in [1.54, 1.807) is 0 Å². The van der Waals surface area contributed by atoms with Crippen LogP contribution in [0.2, 0.25) is 0 Å². The monoisotopic (exact) mass is 560 g/mol. The molecule has 8 nitrogen and oxygen atoms in total. The zero-order valence-corrected chi connectivity index (χ0v) is 24.6. The van der Waals surface area contributed by atoms with Crippen LogP contribution in [-0.4, -0.2) is 66.8 Å². The van der Waals surface area contributed by atoms with Gasteiger partial charge in [0.1, 0.15) is 0 Å². The molecule has 5 rings (SSSR count). The zero-order chi connectivity index (χ0) is 29.2. The van der Waals surface area contributed by atoms with E-state index in [4.69, 9.17) is 0 Å². The van der Waals surface area contributed by atoms with E-state index in [2.05, 4.69) is 63.9 Å². The van der Waals surface area contributed by atoms with Crippen LogP contribution < -0.4 is 0 Å². The number of aromatic nitrogens is 5. The molecule has 0 atom stereocenters. The molecule has 0 radical (unpaired) electrons. The molecule has 216 valence electrons. The lowest BCUT2D eigenvalue weighted by Crippen LogP contribution is -2.35. The van der Waals surface area contributed by atoms with Crippen LogP contribution in [0.1, 0.15) is 28.5 Å². The third-order valence-corrected chi connectivity index (χ3v) is 6.38. The number of hydrogen-bond donors (Lipinski definition) is 0. The van der Waals surface area contributed by atoms with E-state index >= 15 is 0 Å². The van der Waals surface area contributed by atoms with Crippen molar-refractivity contribution < 1.29 is 0 Å². The van der Waals surface area contributed by atoms with E-state index in [1.165, 1.54) is 0 Å². The van der Waals surface area contributed by atoms with Gasteiger partial charge in [-0.05, 0) is 74.8 Å². The standard InChI is InChI=1S/C26H28N6.C8H12N2/c1-5-13-27-23(9-1)19-31(20-24-10-2-6-14-28-24)17-18-32(21-25-11-3-7-15-29-25)22-26-12-4-8-16-30-26;1-10(2)7-8-5-3-4-6-9-8/h1-16H,17-22H2;3-6H,7H2,1-2H3. The molecule has 0 bridgehead atoms. The second kappa shape index (κ2) is 17.4. The first-order chi connectivity index (χ1) is 20.6. The van der Waals surface area contributed by atoms with E-state index in [9.17, 15) is 0 Å². The minimum Gasteiger partial charge on any atom is -0.304 e. The molecule has 0 aromatic carbocycles. The van der Waals surface area contributed by atoms with Crippen molar-refractivity contribution in [3.63, 3.8) is 0 Å². The Bertz CT molecular complexity index is 1200. The highest BCUT2D eigenvalue weighted by atomic mass is 15.2. The molecule has 0 saturated carbocycles. The number of nitrogens with zero attached hydrogens (tertiary/aromatic N) is 8. The van der Waals surface area contributed by atoms with Gasteiger partial charge < -0.3 is 4.90 Å². The fourth-order valence-corrected chi connectivity index (χ4v) is 4.41. The van der Waals surface area contributed by atoms with E-state index in [-0.39, 0.29) is 0 Å². The average Bonchev–Trinajstić information content (AvgIpc) is 3.02. The largest absolute Gasteiger partial charge is 0.304 e. The van der Waals surface area contributed by atoms with Crippen LogP contribution in [-0.2, 0) is 32.7 Å². The van der Waals surface area contributed by atoms with Crippen LogP contribution >= 0.6 is 0 Å². The Kier molecular flexibility index (Phi) is 12.7. The lowest BCUT2D eigenvalue weighted by molar-refractivity contribution is 0.178. The first-order valence-corrected chi connectivity index (χ1v) is 14.2. The van der Waals surface area contributed by atoms with E-state index in [1.807, 2.05) is 112 Å². The van der Waals surface area contributed by atoms with Gasteiger partial charge in [-0.15, -0.1) is 0 Å². The molecule has 0 saturated heterocycles. The molecule has 0 amide bonds. The Morgan fingerprint density at radius 1 is 0.381 bits per heavy atom. The van der Waals surface area contributed by atoms with Crippen molar-refractivity contribution in [2.75, 3.05) is 27.2 Å². The third kappa shape index (κ3) is 11.6. The van der Waals surface area contributed by atoms with Gasteiger partial charge in [-0.2, -0.15) is 0 Å². The fraction of sp³-hybridized carbons (Fsp3) is 0.265. The van der Waals surface area contributed by atoms with Crippen LogP contribution in [0.5, 0.6) is 0 Å². The SMILES string of the molecule is CN(C)Cc1ccccn1.c1ccc(CN(CCN(Cc2ccccn2)Cc2ccccn2)Cc2ccccn2)nc1. The van der Waals surface area contributed by atoms with Gasteiger partial charge in [-0.3, -0.25) is 34.7 Å². The summed E-state index contributed by atoms with van der Waals surface area (Å²) in [7, 11) is 4.07. The first-order valence-electron chi connectivity index (χ1n) is 14.2. The molecule has 42 heavy (non-hydrogen) atoms. The highest BCUT2D eigenvalue weighted by molar-refractivity contribution is 5.08. The molecule has 8 heteroatoms. The molecule has 5 aromatic rings. The molecule has 0 aliphatic heterocycles. The molecule has 0 spiro atoms. The van der Waals surface area contributed by atoms with Crippen LogP contribution in [0, 0.1) is 0 Å². The van der Waals surface area contributed by atoms with E-state index < -0.39 is 0 Å². The first kappa shape index (κ1) is 30.6. The molecule has 0 aliphatic rings. The summed E-state index contributed by atoms with van der Waals surface area (Å²) in [6.45, 7) is 5.79. The highest BCUT2D eigenvalue weighted by Gasteiger charge is 2.14.